The van der Waals surface area contributed by atoms with Gasteiger partial charge in [0, 0.05) is 5.41 Å². The molecule has 0 amide bonds. The third-order valence-corrected chi connectivity index (χ3v) is 10.3. The van der Waals surface area contributed by atoms with Gasteiger partial charge in [0.15, 0.2) is 0 Å². The Morgan fingerprint density at radius 2 is 1.00 bits per heavy atom. The molecule has 0 fully saturated rings. The number of hydrogen-bond donors (Lipinski definition) is 0. The minimum atomic E-state index is -0.0281. The Balaban J connectivity index is 1.13. The topological polar surface area (TPSA) is 0 Å². The number of hydrogen-bond acceptors (Lipinski definition) is 0. The molecule has 0 nitrogen and oxygen atoms in total. The Kier molecular flexibility index (Phi) is 6.02. The molecule has 0 radical (unpaired) electrons. The quantitative estimate of drug-likeness (QED) is 0.181. The van der Waals surface area contributed by atoms with E-state index in [4.69, 9.17) is 0 Å². The first-order valence-corrected chi connectivity index (χ1v) is 16.3. The van der Waals surface area contributed by atoms with Crippen molar-refractivity contribution in [2.45, 2.75) is 25.7 Å². The minimum absolute atomic E-state index is 0.0281. The van der Waals surface area contributed by atoms with Gasteiger partial charge in [-0.05, 0) is 107 Å². The zero-order valence-electron chi connectivity index (χ0n) is 26.2. The van der Waals surface area contributed by atoms with Crippen LogP contribution in [0.25, 0.3) is 71.3 Å². The second-order valence-corrected chi connectivity index (χ2v) is 13.2. The first-order chi connectivity index (χ1) is 22.6. The average molecular weight is 587 g/mol. The number of fused-ring (bicyclic) bond motifs is 6. The van der Waals surface area contributed by atoms with Gasteiger partial charge >= 0.3 is 0 Å². The largest absolute Gasteiger partial charge is 0.0804 e. The summed E-state index contributed by atoms with van der Waals surface area (Å²) < 4.78 is 0. The second kappa shape index (κ2) is 10.3. The average Bonchev–Trinajstić information content (AvgIpc) is 3.25. The maximum absolute atomic E-state index is 2.44. The van der Waals surface area contributed by atoms with E-state index in [2.05, 4.69) is 172 Å². The van der Waals surface area contributed by atoms with Crippen LogP contribution in [0.3, 0.4) is 0 Å². The summed E-state index contributed by atoms with van der Waals surface area (Å²) >= 11 is 0. The van der Waals surface area contributed by atoms with Gasteiger partial charge in [0.25, 0.3) is 0 Å². The van der Waals surface area contributed by atoms with Crippen LogP contribution in [0.15, 0.2) is 163 Å². The molecule has 2 aliphatic rings. The van der Waals surface area contributed by atoms with Crippen molar-refractivity contribution in [1.82, 2.24) is 0 Å². The van der Waals surface area contributed by atoms with Gasteiger partial charge in [-0.25, -0.2) is 0 Å². The van der Waals surface area contributed by atoms with E-state index in [1.54, 1.807) is 0 Å². The smallest absolute Gasteiger partial charge is 0.0158 e. The third kappa shape index (κ3) is 4.07. The highest BCUT2D eigenvalue weighted by molar-refractivity contribution is 6.14. The Labute approximate surface area is 270 Å². The number of rotatable bonds is 3. The molecule has 0 unspecified atom stereocenters. The van der Waals surface area contributed by atoms with Crippen molar-refractivity contribution >= 4 is 37.9 Å². The molecule has 0 saturated heterocycles. The highest BCUT2D eigenvalue weighted by Gasteiger charge is 2.36. The molecule has 0 heterocycles. The summed E-state index contributed by atoms with van der Waals surface area (Å²) in [5, 5.41) is 7.74. The van der Waals surface area contributed by atoms with E-state index in [-0.39, 0.29) is 5.41 Å². The zero-order chi connectivity index (χ0) is 30.8. The molecule has 2 aliphatic carbocycles. The lowest BCUT2D eigenvalue weighted by molar-refractivity contribution is 0.654. The van der Waals surface area contributed by atoms with E-state index in [1.165, 1.54) is 88.0 Å². The van der Waals surface area contributed by atoms with Crippen molar-refractivity contribution in [3.63, 3.8) is 0 Å². The molecular formula is C46H34. The van der Waals surface area contributed by atoms with E-state index in [1.807, 2.05) is 0 Å². The van der Waals surface area contributed by atoms with E-state index < -0.39 is 0 Å². The fourth-order valence-electron chi connectivity index (χ4n) is 7.95. The van der Waals surface area contributed by atoms with Crippen LogP contribution in [0.4, 0.5) is 0 Å². The van der Waals surface area contributed by atoms with Crippen molar-refractivity contribution in [2.75, 3.05) is 0 Å². The van der Waals surface area contributed by atoms with Gasteiger partial charge < -0.3 is 0 Å². The molecule has 7 aromatic carbocycles. The highest BCUT2D eigenvalue weighted by atomic mass is 14.4. The predicted molar refractivity (Wildman–Crippen MR) is 198 cm³/mol. The molecule has 0 N–H and O–H groups in total. The van der Waals surface area contributed by atoms with Crippen LogP contribution in [-0.4, -0.2) is 0 Å². The molecule has 7 aromatic rings. The van der Waals surface area contributed by atoms with Gasteiger partial charge in [0.1, 0.15) is 0 Å². The SMILES string of the molecule is CC1(C)C2=C(C=CCC=C2)c2ccc(-c3cccc4c(-c5ccc(-c6cc7ccccc7c7ccccc67)cc5)cccc34)cc21. The van der Waals surface area contributed by atoms with Gasteiger partial charge in [-0.15, -0.1) is 0 Å². The van der Waals surface area contributed by atoms with Gasteiger partial charge in [-0.3, -0.25) is 0 Å². The molecule has 46 heavy (non-hydrogen) atoms. The predicted octanol–water partition coefficient (Wildman–Crippen LogP) is 12.7. The van der Waals surface area contributed by atoms with Crippen LogP contribution in [0, 0.1) is 0 Å². The summed E-state index contributed by atoms with van der Waals surface area (Å²) in [7, 11) is 0. The first kappa shape index (κ1) is 26.9. The normalized spacial score (nSPS) is 15.0. The molecule has 0 atom stereocenters. The summed E-state index contributed by atoms with van der Waals surface area (Å²) in [6.07, 6.45) is 10.2. The Morgan fingerprint density at radius 1 is 0.435 bits per heavy atom. The lowest BCUT2D eigenvalue weighted by Crippen LogP contribution is -2.16. The first-order valence-electron chi connectivity index (χ1n) is 16.3. The highest BCUT2D eigenvalue weighted by Crippen LogP contribution is 2.49. The van der Waals surface area contributed by atoms with Crippen LogP contribution in [-0.2, 0) is 5.41 Å². The van der Waals surface area contributed by atoms with E-state index in [0.717, 1.165) is 6.42 Å². The van der Waals surface area contributed by atoms with Gasteiger partial charge in [0.2, 0.25) is 0 Å². The van der Waals surface area contributed by atoms with Gasteiger partial charge in [-0.1, -0.05) is 159 Å². The zero-order valence-corrected chi connectivity index (χ0v) is 26.2. The fraction of sp³-hybridized carbons (Fsp3) is 0.0870. The number of benzene rings is 7. The monoisotopic (exact) mass is 586 g/mol. The molecule has 9 rings (SSSR count). The summed E-state index contributed by atoms with van der Waals surface area (Å²) in [5.74, 6) is 0. The van der Waals surface area contributed by atoms with E-state index in [0.29, 0.717) is 0 Å². The molecule has 0 aromatic heterocycles. The Hall–Kier alpha value is -5.46. The van der Waals surface area contributed by atoms with Crippen LogP contribution in [0.5, 0.6) is 0 Å². The Morgan fingerprint density at radius 3 is 1.76 bits per heavy atom. The molecule has 218 valence electrons. The second-order valence-electron chi connectivity index (χ2n) is 13.2. The van der Waals surface area contributed by atoms with Gasteiger partial charge in [-0.2, -0.15) is 0 Å². The maximum Gasteiger partial charge on any atom is 0.0158 e. The maximum atomic E-state index is 2.44. The summed E-state index contributed by atoms with van der Waals surface area (Å²) in [6.45, 7) is 4.74. The lowest BCUT2D eigenvalue weighted by atomic mass is 9.80. The van der Waals surface area contributed by atoms with Crippen molar-refractivity contribution < 1.29 is 0 Å². The fourth-order valence-corrected chi connectivity index (χ4v) is 7.95. The molecule has 0 heteroatoms. The van der Waals surface area contributed by atoms with E-state index >= 15 is 0 Å². The summed E-state index contributed by atoms with van der Waals surface area (Å²) in [5.41, 5.74) is 13.1. The molecule has 0 saturated carbocycles. The van der Waals surface area contributed by atoms with Crippen LogP contribution < -0.4 is 0 Å². The molecule has 0 bridgehead atoms. The van der Waals surface area contributed by atoms with E-state index in [9.17, 15) is 0 Å². The standard InChI is InChI=1S/C46H34/c1-46(2)44-21-5-3-4-16-41(44)42-27-26-33(29-45(42)46)36-18-11-19-38-34(17-10-20-39(36)38)30-22-24-31(25-23-30)43-28-32-12-6-7-13-35(32)37-14-8-9-15-40(37)43/h4-29H,3H2,1-2H3. The van der Waals surface area contributed by atoms with Crippen LogP contribution >= 0.6 is 0 Å². The van der Waals surface area contributed by atoms with Crippen molar-refractivity contribution in [3.8, 4) is 33.4 Å². The Bertz CT molecular complexity index is 2440. The molecular weight excluding hydrogens is 553 g/mol. The summed E-state index contributed by atoms with van der Waals surface area (Å²) in [4.78, 5) is 0. The van der Waals surface area contributed by atoms with Crippen LogP contribution in [0.1, 0.15) is 31.4 Å². The van der Waals surface area contributed by atoms with Crippen molar-refractivity contribution in [2.24, 2.45) is 0 Å². The lowest BCUT2D eigenvalue weighted by Gasteiger charge is -2.23. The van der Waals surface area contributed by atoms with Crippen molar-refractivity contribution in [1.29, 1.82) is 0 Å². The van der Waals surface area contributed by atoms with Gasteiger partial charge in [0.05, 0.1) is 0 Å². The molecule has 0 aliphatic heterocycles. The summed E-state index contributed by atoms with van der Waals surface area (Å²) in [6, 6.07) is 49.6. The number of allylic oxidation sites excluding steroid dienone is 6. The molecule has 0 spiro atoms. The van der Waals surface area contributed by atoms with Crippen LogP contribution in [0.2, 0.25) is 0 Å². The van der Waals surface area contributed by atoms with Crippen molar-refractivity contribution in [3.05, 3.63) is 174 Å². The third-order valence-electron chi connectivity index (χ3n) is 10.3. The minimum Gasteiger partial charge on any atom is -0.0804 e.